The molecule has 1 fully saturated rings. The molecule has 3 aromatic rings. The summed E-state index contributed by atoms with van der Waals surface area (Å²) in [6.45, 7) is 0.528. The fraction of sp³-hybridized carbons (Fsp3) is 0.421. The summed E-state index contributed by atoms with van der Waals surface area (Å²) in [6, 6.07) is 6.03. The van der Waals surface area contributed by atoms with Gasteiger partial charge < -0.3 is 13.8 Å². The highest BCUT2D eigenvalue weighted by atomic mass is 32.1. The summed E-state index contributed by atoms with van der Waals surface area (Å²) in [6.07, 6.45) is 6.96. The van der Waals surface area contributed by atoms with Crippen LogP contribution >= 0.6 is 11.3 Å². The number of aromatic nitrogens is 2. The standard InChI is InChI=1S/C19H21N3O3S/c23-18(8-7-17-20-19(21-25-17)14-9-11-26-13-14)22(15-4-1-2-5-15)12-16-6-3-10-24-16/h3,6,9-11,13,15H,1-2,4-5,7-8,12H2. The maximum atomic E-state index is 12.9. The number of nitrogens with zero attached hydrogens (tertiary/aromatic N) is 3. The van der Waals surface area contributed by atoms with Gasteiger partial charge in [-0.3, -0.25) is 4.79 Å². The smallest absolute Gasteiger partial charge is 0.227 e. The molecule has 3 heterocycles. The zero-order valence-corrected chi connectivity index (χ0v) is 15.3. The first-order valence-electron chi connectivity index (χ1n) is 8.96. The molecule has 0 atom stereocenters. The highest BCUT2D eigenvalue weighted by Gasteiger charge is 2.27. The van der Waals surface area contributed by atoms with E-state index < -0.39 is 0 Å². The summed E-state index contributed by atoms with van der Waals surface area (Å²) in [5, 5.41) is 7.95. The Labute approximate surface area is 155 Å². The minimum absolute atomic E-state index is 0.114. The summed E-state index contributed by atoms with van der Waals surface area (Å²) in [7, 11) is 0. The van der Waals surface area contributed by atoms with Crippen LogP contribution in [0.5, 0.6) is 0 Å². The summed E-state index contributed by atoms with van der Waals surface area (Å²) in [4.78, 5) is 19.2. The third kappa shape index (κ3) is 3.88. The molecule has 0 saturated heterocycles. The first kappa shape index (κ1) is 17.0. The Balaban J connectivity index is 1.39. The molecule has 0 unspecified atom stereocenters. The van der Waals surface area contributed by atoms with E-state index in [0.29, 0.717) is 37.1 Å². The number of thiophene rings is 1. The van der Waals surface area contributed by atoms with Gasteiger partial charge in [0.15, 0.2) is 0 Å². The van der Waals surface area contributed by atoms with Crippen molar-refractivity contribution < 1.29 is 13.7 Å². The van der Waals surface area contributed by atoms with E-state index in [0.717, 1.165) is 24.2 Å². The molecule has 3 aromatic heterocycles. The molecule has 4 rings (SSSR count). The lowest BCUT2D eigenvalue weighted by Crippen LogP contribution is -2.38. The van der Waals surface area contributed by atoms with E-state index >= 15 is 0 Å². The molecule has 0 bridgehead atoms. The lowest BCUT2D eigenvalue weighted by atomic mass is 10.1. The predicted octanol–water partition coefficient (Wildman–Crippen LogP) is 4.30. The Morgan fingerprint density at radius 1 is 1.31 bits per heavy atom. The van der Waals surface area contributed by atoms with Gasteiger partial charge in [-0.25, -0.2) is 0 Å². The van der Waals surface area contributed by atoms with Crippen LogP contribution in [-0.4, -0.2) is 27.0 Å². The van der Waals surface area contributed by atoms with Crippen LogP contribution in [-0.2, 0) is 17.8 Å². The molecule has 26 heavy (non-hydrogen) atoms. The summed E-state index contributed by atoms with van der Waals surface area (Å²) < 4.78 is 10.8. The fourth-order valence-corrected chi connectivity index (χ4v) is 4.06. The minimum atomic E-state index is 0.114. The van der Waals surface area contributed by atoms with Crippen molar-refractivity contribution in [3.05, 3.63) is 46.9 Å². The molecule has 1 amide bonds. The van der Waals surface area contributed by atoms with E-state index in [1.807, 2.05) is 33.9 Å². The summed E-state index contributed by atoms with van der Waals surface area (Å²) in [5.41, 5.74) is 0.946. The maximum absolute atomic E-state index is 12.9. The van der Waals surface area contributed by atoms with E-state index in [9.17, 15) is 4.79 Å². The number of carbonyl (C=O) groups excluding carboxylic acids is 1. The zero-order chi connectivity index (χ0) is 17.8. The second kappa shape index (κ2) is 7.86. The number of hydrogen-bond donors (Lipinski definition) is 0. The van der Waals surface area contributed by atoms with E-state index in [4.69, 9.17) is 8.94 Å². The third-order valence-electron chi connectivity index (χ3n) is 4.79. The highest BCUT2D eigenvalue weighted by molar-refractivity contribution is 7.08. The lowest BCUT2D eigenvalue weighted by Gasteiger charge is -2.28. The number of aryl methyl sites for hydroxylation is 1. The van der Waals surface area contributed by atoms with Gasteiger partial charge in [-0.2, -0.15) is 16.3 Å². The number of carbonyl (C=O) groups is 1. The van der Waals surface area contributed by atoms with Crippen molar-refractivity contribution in [2.24, 2.45) is 0 Å². The molecule has 0 aromatic carbocycles. The van der Waals surface area contributed by atoms with Crippen molar-refractivity contribution in [2.75, 3.05) is 0 Å². The molecule has 7 heteroatoms. The molecule has 0 aliphatic heterocycles. The molecule has 0 radical (unpaired) electrons. The minimum Gasteiger partial charge on any atom is -0.467 e. The van der Waals surface area contributed by atoms with E-state index in [1.165, 1.54) is 12.8 Å². The number of amides is 1. The zero-order valence-electron chi connectivity index (χ0n) is 14.5. The van der Waals surface area contributed by atoms with Crippen LogP contribution in [0.3, 0.4) is 0 Å². The van der Waals surface area contributed by atoms with Gasteiger partial charge in [0.25, 0.3) is 0 Å². The van der Waals surface area contributed by atoms with Crippen LogP contribution in [0.2, 0.25) is 0 Å². The van der Waals surface area contributed by atoms with Gasteiger partial charge >= 0.3 is 0 Å². The topological polar surface area (TPSA) is 72.4 Å². The molecule has 1 saturated carbocycles. The van der Waals surface area contributed by atoms with Crippen LogP contribution in [0.4, 0.5) is 0 Å². The van der Waals surface area contributed by atoms with E-state index in [1.54, 1.807) is 17.6 Å². The van der Waals surface area contributed by atoms with Gasteiger partial charge in [-0.15, -0.1) is 0 Å². The summed E-state index contributed by atoms with van der Waals surface area (Å²) >= 11 is 1.59. The molecular weight excluding hydrogens is 350 g/mol. The van der Waals surface area contributed by atoms with Crippen LogP contribution in [0.25, 0.3) is 11.4 Å². The molecule has 0 N–H and O–H groups in total. The predicted molar refractivity (Wildman–Crippen MR) is 97.4 cm³/mol. The van der Waals surface area contributed by atoms with Gasteiger partial charge in [0, 0.05) is 29.8 Å². The Bertz CT molecular complexity index is 820. The van der Waals surface area contributed by atoms with Crippen LogP contribution in [0.1, 0.15) is 43.8 Å². The van der Waals surface area contributed by atoms with Gasteiger partial charge in [-0.1, -0.05) is 18.0 Å². The van der Waals surface area contributed by atoms with Crippen LogP contribution in [0.15, 0.2) is 44.2 Å². The quantitative estimate of drug-likeness (QED) is 0.619. The maximum Gasteiger partial charge on any atom is 0.227 e. The van der Waals surface area contributed by atoms with E-state index in [-0.39, 0.29) is 5.91 Å². The lowest BCUT2D eigenvalue weighted by molar-refractivity contribution is -0.134. The molecular formula is C19H21N3O3S. The van der Waals surface area contributed by atoms with Crippen molar-refractivity contribution in [2.45, 2.75) is 51.1 Å². The average molecular weight is 371 g/mol. The first-order valence-corrected chi connectivity index (χ1v) is 9.91. The third-order valence-corrected chi connectivity index (χ3v) is 5.48. The molecule has 0 spiro atoms. The van der Waals surface area contributed by atoms with Crippen molar-refractivity contribution in [3.63, 3.8) is 0 Å². The normalized spacial score (nSPS) is 14.8. The van der Waals surface area contributed by atoms with Crippen molar-refractivity contribution >= 4 is 17.2 Å². The second-order valence-corrected chi connectivity index (χ2v) is 7.34. The Kier molecular flexibility index (Phi) is 5.15. The first-order chi connectivity index (χ1) is 12.8. The largest absolute Gasteiger partial charge is 0.467 e. The molecule has 6 nitrogen and oxygen atoms in total. The van der Waals surface area contributed by atoms with Crippen molar-refractivity contribution in [1.82, 2.24) is 15.0 Å². The summed E-state index contributed by atoms with van der Waals surface area (Å²) in [5.74, 6) is 2.02. The Hall–Kier alpha value is -2.41. The number of furan rings is 1. The van der Waals surface area contributed by atoms with Crippen molar-refractivity contribution in [3.8, 4) is 11.4 Å². The Morgan fingerprint density at radius 2 is 2.19 bits per heavy atom. The SMILES string of the molecule is O=C(CCc1nc(-c2ccsc2)no1)N(Cc1ccco1)C1CCCC1. The van der Waals surface area contributed by atoms with Gasteiger partial charge in [0.2, 0.25) is 17.6 Å². The molecule has 1 aliphatic rings. The van der Waals surface area contributed by atoms with Gasteiger partial charge in [-0.05, 0) is 36.4 Å². The van der Waals surface area contributed by atoms with Crippen LogP contribution in [0, 0.1) is 0 Å². The van der Waals surface area contributed by atoms with Gasteiger partial charge in [0.1, 0.15) is 5.76 Å². The molecule has 136 valence electrons. The van der Waals surface area contributed by atoms with Gasteiger partial charge in [0.05, 0.1) is 12.8 Å². The monoisotopic (exact) mass is 371 g/mol. The Morgan fingerprint density at radius 3 is 2.92 bits per heavy atom. The van der Waals surface area contributed by atoms with Crippen LogP contribution < -0.4 is 0 Å². The number of rotatable bonds is 7. The fourth-order valence-electron chi connectivity index (χ4n) is 3.43. The van der Waals surface area contributed by atoms with Crippen molar-refractivity contribution in [1.29, 1.82) is 0 Å². The number of hydrogen-bond acceptors (Lipinski definition) is 6. The average Bonchev–Trinajstić information content (AvgIpc) is 3.44. The highest BCUT2D eigenvalue weighted by Crippen LogP contribution is 2.26. The second-order valence-electron chi connectivity index (χ2n) is 6.56. The van der Waals surface area contributed by atoms with E-state index in [2.05, 4.69) is 10.1 Å². The molecule has 1 aliphatic carbocycles.